The van der Waals surface area contributed by atoms with Crippen molar-refractivity contribution < 1.29 is 23.9 Å². The number of rotatable bonds is 7. The summed E-state index contributed by atoms with van der Waals surface area (Å²) in [7, 11) is 0. The fraction of sp³-hybridized carbons (Fsp3) is 0.238. The molecule has 0 atom stereocenters. The Balaban J connectivity index is 1.23. The topological polar surface area (TPSA) is 119 Å². The Bertz CT molecular complexity index is 1210. The molecule has 3 aromatic rings. The lowest BCUT2D eigenvalue weighted by molar-refractivity contribution is -0.147. The number of anilines is 1. The summed E-state index contributed by atoms with van der Waals surface area (Å²) in [6.45, 7) is 1.51. The first kappa shape index (κ1) is 20.6. The summed E-state index contributed by atoms with van der Waals surface area (Å²) in [6.07, 6.45) is 0.222. The van der Waals surface area contributed by atoms with E-state index < -0.39 is 18.5 Å². The quantitative estimate of drug-likeness (QED) is 0.445. The lowest BCUT2D eigenvalue weighted by Crippen LogP contribution is -2.31. The average molecular weight is 438 g/mol. The monoisotopic (exact) mass is 438 g/mol. The van der Waals surface area contributed by atoms with E-state index in [1.165, 1.54) is 0 Å². The molecule has 1 aliphatic rings. The molecule has 3 amide bonds. The van der Waals surface area contributed by atoms with Crippen LogP contribution in [0.3, 0.4) is 0 Å². The molecule has 2 heterocycles. The van der Waals surface area contributed by atoms with Crippen molar-refractivity contribution >= 4 is 52.1 Å². The molecule has 31 heavy (non-hydrogen) atoms. The van der Waals surface area contributed by atoms with E-state index in [0.717, 1.165) is 22.2 Å². The van der Waals surface area contributed by atoms with E-state index in [0.29, 0.717) is 27.8 Å². The molecule has 158 valence electrons. The molecule has 1 aliphatic heterocycles. The molecular weight excluding hydrogens is 420 g/mol. The summed E-state index contributed by atoms with van der Waals surface area (Å²) in [5.41, 5.74) is 3.39. The smallest absolute Gasteiger partial charge is 0.306 e. The van der Waals surface area contributed by atoms with Gasteiger partial charge in [0.15, 0.2) is 6.61 Å². The van der Waals surface area contributed by atoms with Gasteiger partial charge in [-0.15, -0.1) is 0 Å². The van der Waals surface area contributed by atoms with E-state index in [2.05, 4.69) is 14.1 Å². The van der Waals surface area contributed by atoms with Crippen LogP contribution in [0, 0.1) is 6.92 Å². The van der Waals surface area contributed by atoms with Gasteiger partial charge in [0.05, 0.1) is 28.5 Å². The van der Waals surface area contributed by atoms with Crippen molar-refractivity contribution in [3.05, 3.63) is 53.1 Å². The summed E-state index contributed by atoms with van der Waals surface area (Å²) < 4.78 is 13.2. The van der Waals surface area contributed by atoms with Crippen LogP contribution in [0.15, 0.2) is 36.4 Å². The molecule has 0 saturated heterocycles. The fourth-order valence-corrected chi connectivity index (χ4v) is 3.85. The number of benzene rings is 2. The van der Waals surface area contributed by atoms with Crippen molar-refractivity contribution in [2.45, 2.75) is 19.8 Å². The van der Waals surface area contributed by atoms with E-state index >= 15 is 0 Å². The third kappa shape index (κ3) is 4.29. The van der Waals surface area contributed by atoms with Gasteiger partial charge in [-0.05, 0) is 37.6 Å². The molecule has 10 heteroatoms. The highest BCUT2D eigenvalue weighted by molar-refractivity contribution is 7.00. The van der Waals surface area contributed by atoms with Crippen molar-refractivity contribution in [1.82, 2.24) is 13.6 Å². The van der Waals surface area contributed by atoms with E-state index in [-0.39, 0.29) is 31.2 Å². The van der Waals surface area contributed by atoms with Crippen LogP contribution in [0.1, 0.15) is 39.1 Å². The highest BCUT2D eigenvalue weighted by Crippen LogP contribution is 2.24. The van der Waals surface area contributed by atoms with Gasteiger partial charge in [-0.2, -0.15) is 8.75 Å². The zero-order chi connectivity index (χ0) is 22.0. The minimum absolute atomic E-state index is 0.0225. The maximum absolute atomic E-state index is 12.4. The second-order valence-electron chi connectivity index (χ2n) is 7.06. The number of nitrogens with zero attached hydrogens (tertiary/aromatic N) is 3. The molecule has 4 rings (SSSR count). The first-order chi connectivity index (χ1) is 14.9. The maximum Gasteiger partial charge on any atom is 0.306 e. The van der Waals surface area contributed by atoms with E-state index in [4.69, 9.17) is 4.74 Å². The lowest BCUT2D eigenvalue weighted by Gasteiger charge is -2.13. The van der Waals surface area contributed by atoms with Gasteiger partial charge in [0, 0.05) is 13.0 Å². The minimum Gasteiger partial charge on any atom is -0.456 e. The Hall–Kier alpha value is -3.66. The minimum atomic E-state index is -0.587. The number of carbonyl (C=O) groups is 4. The van der Waals surface area contributed by atoms with E-state index in [1.807, 2.05) is 6.92 Å². The number of ether oxygens (including phenoxy) is 1. The Morgan fingerprint density at radius 3 is 2.74 bits per heavy atom. The molecule has 1 N–H and O–H groups in total. The number of aromatic nitrogens is 2. The third-order valence-corrected chi connectivity index (χ3v) is 5.36. The maximum atomic E-state index is 12.4. The van der Waals surface area contributed by atoms with Crippen LogP contribution in [0.5, 0.6) is 0 Å². The number of amides is 3. The Morgan fingerprint density at radius 1 is 1.10 bits per heavy atom. The molecule has 2 aromatic carbocycles. The van der Waals surface area contributed by atoms with Gasteiger partial charge in [-0.1, -0.05) is 17.7 Å². The van der Waals surface area contributed by atoms with Gasteiger partial charge < -0.3 is 10.1 Å². The number of hydrogen-bond donors (Lipinski definition) is 1. The summed E-state index contributed by atoms with van der Waals surface area (Å²) in [5.74, 6) is -1.80. The first-order valence-corrected chi connectivity index (χ1v) is 10.3. The molecule has 0 radical (unpaired) electrons. The Kier molecular flexibility index (Phi) is 5.72. The van der Waals surface area contributed by atoms with Crippen LogP contribution in [0.4, 0.5) is 5.69 Å². The van der Waals surface area contributed by atoms with Gasteiger partial charge in [0.2, 0.25) is 0 Å². The third-order valence-electron chi connectivity index (χ3n) is 4.81. The van der Waals surface area contributed by atoms with Crippen LogP contribution < -0.4 is 5.32 Å². The van der Waals surface area contributed by atoms with Gasteiger partial charge >= 0.3 is 5.97 Å². The number of carbonyl (C=O) groups excluding carboxylic acids is 4. The van der Waals surface area contributed by atoms with E-state index in [9.17, 15) is 19.2 Å². The highest BCUT2D eigenvalue weighted by Gasteiger charge is 2.35. The molecule has 0 fully saturated rings. The predicted octanol–water partition coefficient (Wildman–Crippen LogP) is 2.56. The van der Waals surface area contributed by atoms with Crippen molar-refractivity contribution in [2.24, 2.45) is 0 Å². The SMILES string of the molecule is Cc1ccc2c(c1)C(=O)N(CCCC(=O)OCC(=O)Nc1cccc3nsnc13)C2=O. The average Bonchev–Trinajstić information content (AvgIpc) is 3.32. The number of imide groups is 1. The molecule has 0 aliphatic carbocycles. The van der Waals surface area contributed by atoms with E-state index in [1.54, 1.807) is 36.4 Å². The Labute approximate surface area is 181 Å². The van der Waals surface area contributed by atoms with Gasteiger partial charge in [0.25, 0.3) is 17.7 Å². The number of fused-ring (bicyclic) bond motifs is 2. The molecule has 0 spiro atoms. The van der Waals surface area contributed by atoms with Gasteiger partial charge in [-0.25, -0.2) is 0 Å². The van der Waals surface area contributed by atoms with Crippen LogP contribution >= 0.6 is 11.7 Å². The predicted molar refractivity (Wildman–Crippen MR) is 113 cm³/mol. The van der Waals surface area contributed by atoms with Crippen LogP contribution in [0.25, 0.3) is 11.0 Å². The zero-order valence-corrected chi connectivity index (χ0v) is 17.4. The summed E-state index contributed by atoms with van der Waals surface area (Å²) >= 11 is 1.04. The lowest BCUT2D eigenvalue weighted by atomic mass is 10.1. The standard InChI is InChI=1S/C21H18N4O5S/c1-12-7-8-13-14(10-12)21(29)25(20(13)28)9-3-6-18(27)30-11-17(26)22-15-4-2-5-16-19(15)24-31-23-16/h2,4-5,7-8,10H,3,6,9,11H2,1H3,(H,22,26). The van der Waals surface area contributed by atoms with Crippen molar-refractivity contribution in [2.75, 3.05) is 18.5 Å². The van der Waals surface area contributed by atoms with Crippen molar-refractivity contribution in [3.63, 3.8) is 0 Å². The number of aryl methyl sites for hydroxylation is 1. The molecule has 0 saturated carbocycles. The molecule has 9 nitrogen and oxygen atoms in total. The zero-order valence-electron chi connectivity index (χ0n) is 16.6. The molecule has 0 bridgehead atoms. The Morgan fingerprint density at radius 2 is 1.90 bits per heavy atom. The number of esters is 1. The first-order valence-electron chi connectivity index (χ1n) is 9.57. The summed E-state index contributed by atoms with van der Waals surface area (Å²) in [6, 6.07) is 10.3. The second-order valence-corrected chi connectivity index (χ2v) is 7.59. The number of hydrogen-bond acceptors (Lipinski definition) is 8. The molecular formula is C21H18N4O5S. The van der Waals surface area contributed by atoms with Gasteiger partial charge in [0.1, 0.15) is 11.0 Å². The van der Waals surface area contributed by atoms with Crippen LogP contribution in [-0.2, 0) is 14.3 Å². The fourth-order valence-electron chi connectivity index (χ4n) is 3.30. The molecule has 0 unspecified atom stereocenters. The van der Waals surface area contributed by atoms with Crippen molar-refractivity contribution in [3.8, 4) is 0 Å². The highest BCUT2D eigenvalue weighted by atomic mass is 32.1. The summed E-state index contributed by atoms with van der Waals surface area (Å²) in [4.78, 5) is 50.0. The van der Waals surface area contributed by atoms with Crippen LogP contribution in [-0.4, -0.2) is 50.5 Å². The largest absolute Gasteiger partial charge is 0.456 e. The van der Waals surface area contributed by atoms with Gasteiger partial charge in [-0.3, -0.25) is 24.1 Å². The normalized spacial score (nSPS) is 12.9. The number of nitrogens with one attached hydrogen (secondary N) is 1. The van der Waals surface area contributed by atoms with Crippen LogP contribution in [0.2, 0.25) is 0 Å². The molecule has 1 aromatic heterocycles. The second kappa shape index (κ2) is 8.60. The van der Waals surface area contributed by atoms with Crippen molar-refractivity contribution in [1.29, 1.82) is 0 Å². The summed E-state index contributed by atoms with van der Waals surface area (Å²) in [5, 5.41) is 2.64.